The molecule has 0 unspecified atom stereocenters. The molecule has 0 spiro atoms. The maximum absolute atomic E-state index is 11.2. The summed E-state index contributed by atoms with van der Waals surface area (Å²) in [4.78, 5) is 1.59. The van der Waals surface area contributed by atoms with Crippen molar-refractivity contribution in [1.29, 1.82) is 0 Å². The summed E-state index contributed by atoms with van der Waals surface area (Å²) in [7, 11) is -3.14. The van der Waals surface area contributed by atoms with E-state index in [1.165, 1.54) is 0 Å². The number of rotatable bonds is 1. The minimum Gasteiger partial charge on any atom is -0.390 e. The molecule has 0 radical (unpaired) electrons. The summed E-state index contributed by atoms with van der Waals surface area (Å²) in [5.41, 5.74) is 0. The summed E-state index contributed by atoms with van der Waals surface area (Å²) in [5, 5.41) is 21.8. The van der Waals surface area contributed by atoms with Crippen molar-refractivity contribution in [3.05, 3.63) is 0 Å². The van der Waals surface area contributed by atoms with Crippen LogP contribution in [0.2, 0.25) is 0 Å². The highest BCUT2D eigenvalue weighted by molar-refractivity contribution is 7.91. The van der Waals surface area contributed by atoms with E-state index in [0.717, 1.165) is 0 Å². The number of hydrogen-bond donors (Lipinski definition) is 3. The zero-order valence-electron chi connectivity index (χ0n) is 7.63. The fourth-order valence-electron chi connectivity index (χ4n) is 2.04. The molecule has 7 heteroatoms. The lowest BCUT2D eigenvalue weighted by Gasteiger charge is -2.27. The lowest BCUT2D eigenvalue weighted by molar-refractivity contribution is -0.0294. The number of nitrogens with one attached hydrogen (secondary N) is 1. The Morgan fingerprint density at radius 1 is 1.29 bits per heavy atom. The van der Waals surface area contributed by atoms with Crippen molar-refractivity contribution in [3.8, 4) is 0 Å². The van der Waals surface area contributed by atoms with Crippen LogP contribution in [0.4, 0.5) is 0 Å². The molecule has 0 saturated carbocycles. The van der Waals surface area contributed by atoms with Gasteiger partial charge in [0, 0.05) is 13.1 Å². The lowest BCUT2D eigenvalue weighted by atomic mass is 10.2. The van der Waals surface area contributed by atoms with Crippen LogP contribution in [0.1, 0.15) is 0 Å². The van der Waals surface area contributed by atoms with Gasteiger partial charge in [-0.1, -0.05) is 0 Å². The molecule has 0 aliphatic carbocycles. The van der Waals surface area contributed by atoms with E-state index < -0.39 is 28.3 Å². The van der Waals surface area contributed by atoms with Gasteiger partial charge in [0.25, 0.3) is 0 Å². The molecular formula is C7H14N2O4S. The SMILES string of the molecule is O=S1(=O)C[C@@H](O)[C@@H](N2CCN[C@@H]2O)C1. The number of sulfone groups is 1. The van der Waals surface area contributed by atoms with Gasteiger partial charge in [0.05, 0.1) is 23.7 Å². The van der Waals surface area contributed by atoms with Crippen LogP contribution in [0.5, 0.6) is 0 Å². The average molecular weight is 222 g/mol. The van der Waals surface area contributed by atoms with Gasteiger partial charge in [-0.2, -0.15) is 0 Å². The Morgan fingerprint density at radius 3 is 2.43 bits per heavy atom. The molecule has 3 atom stereocenters. The van der Waals surface area contributed by atoms with E-state index in [1.54, 1.807) is 4.90 Å². The molecule has 82 valence electrons. The van der Waals surface area contributed by atoms with Crippen molar-refractivity contribution < 1.29 is 18.6 Å². The first-order chi connectivity index (χ1) is 6.49. The van der Waals surface area contributed by atoms with Gasteiger partial charge in [-0.05, 0) is 0 Å². The van der Waals surface area contributed by atoms with Crippen LogP contribution >= 0.6 is 0 Å². The molecule has 0 bridgehead atoms. The van der Waals surface area contributed by atoms with Gasteiger partial charge >= 0.3 is 0 Å². The normalized spacial score (nSPS) is 43.1. The minimum atomic E-state index is -3.14. The molecule has 0 aromatic carbocycles. The zero-order valence-corrected chi connectivity index (χ0v) is 8.44. The van der Waals surface area contributed by atoms with Crippen molar-refractivity contribution in [2.24, 2.45) is 0 Å². The van der Waals surface area contributed by atoms with Crippen LogP contribution in [-0.4, -0.2) is 66.6 Å². The Bertz CT molecular complexity index is 318. The van der Waals surface area contributed by atoms with Crippen LogP contribution in [0.25, 0.3) is 0 Å². The van der Waals surface area contributed by atoms with Crippen molar-refractivity contribution in [2.45, 2.75) is 18.5 Å². The van der Waals surface area contributed by atoms with Gasteiger partial charge in [-0.3, -0.25) is 10.2 Å². The second kappa shape index (κ2) is 3.42. The highest BCUT2D eigenvalue weighted by atomic mass is 32.2. The summed E-state index contributed by atoms with van der Waals surface area (Å²) in [6.45, 7) is 1.18. The van der Waals surface area contributed by atoms with Gasteiger partial charge < -0.3 is 10.2 Å². The van der Waals surface area contributed by atoms with Crippen molar-refractivity contribution in [1.82, 2.24) is 10.2 Å². The van der Waals surface area contributed by atoms with Gasteiger partial charge in [0.2, 0.25) is 0 Å². The van der Waals surface area contributed by atoms with Crippen molar-refractivity contribution in [3.63, 3.8) is 0 Å². The van der Waals surface area contributed by atoms with E-state index in [9.17, 15) is 18.6 Å². The van der Waals surface area contributed by atoms with Crippen LogP contribution in [0.15, 0.2) is 0 Å². The predicted octanol–water partition coefficient (Wildman–Crippen LogP) is -2.67. The molecule has 0 aromatic heterocycles. The molecule has 2 fully saturated rings. The van der Waals surface area contributed by atoms with Gasteiger partial charge in [-0.15, -0.1) is 0 Å². The maximum atomic E-state index is 11.2. The van der Waals surface area contributed by atoms with E-state index >= 15 is 0 Å². The quantitative estimate of drug-likeness (QED) is 0.448. The van der Waals surface area contributed by atoms with Crippen LogP contribution in [0, 0.1) is 0 Å². The zero-order chi connectivity index (χ0) is 10.3. The third kappa shape index (κ3) is 1.78. The van der Waals surface area contributed by atoms with Crippen LogP contribution in [-0.2, 0) is 9.84 Å². The first kappa shape index (κ1) is 10.3. The Balaban J connectivity index is 2.12. The number of aliphatic hydroxyl groups excluding tert-OH is 2. The first-order valence-corrected chi connectivity index (χ1v) is 6.37. The molecule has 0 aromatic rings. The first-order valence-electron chi connectivity index (χ1n) is 4.55. The third-order valence-corrected chi connectivity index (χ3v) is 4.43. The molecule has 2 aliphatic heterocycles. The van der Waals surface area contributed by atoms with Crippen molar-refractivity contribution >= 4 is 9.84 Å². The summed E-state index contributed by atoms with van der Waals surface area (Å²) in [5.74, 6) is -0.256. The summed E-state index contributed by atoms with van der Waals surface area (Å²) >= 11 is 0. The fraction of sp³-hybridized carbons (Fsp3) is 1.00. The van der Waals surface area contributed by atoms with E-state index in [4.69, 9.17) is 0 Å². The molecule has 2 heterocycles. The lowest BCUT2D eigenvalue weighted by Crippen LogP contribution is -2.48. The fourth-order valence-corrected chi connectivity index (χ4v) is 3.85. The molecule has 14 heavy (non-hydrogen) atoms. The largest absolute Gasteiger partial charge is 0.390 e. The standard InChI is InChI=1S/C7H14N2O4S/c10-6-4-14(12,13)3-5(6)9-2-1-8-7(9)11/h5-8,10-11H,1-4H2/t5-,6+,7-/m0/s1. The molecule has 6 nitrogen and oxygen atoms in total. The second-order valence-corrected chi connectivity index (χ2v) is 5.93. The third-order valence-electron chi connectivity index (χ3n) is 2.73. The topological polar surface area (TPSA) is 89.9 Å². The smallest absolute Gasteiger partial charge is 0.163 e. The Kier molecular flexibility index (Phi) is 2.52. The summed E-state index contributed by atoms with van der Waals surface area (Å²) in [6, 6.07) is -0.468. The molecule has 3 N–H and O–H groups in total. The monoisotopic (exact) mass is 222 g/mol. The van der Waals surface area contributed by atoms with Crippen LogP contribution < -0.4 is 5.32 Å². The van der Waals surface area contributed by atoms with Gasteiger partial charge in [-0.25, -0.2) is 8.42 Å². The maximum Gasteiger partial charge on any atom is 0.163 e. The average Bonchev–Trinajstić information content (AvgIpc) is 2.55. The molecule has 2 rings (SSSR count). The Morgan fingerprint density at radius 2 is 2.00 bits per heavy atom. The predicted molar refractivity (Wildman–Crippen MR) is 49.2 cm³/mol. The highest BCUT2D eigenvalue weighted by Crippen LogP contribution is 2.20. The number of hydrogen-bond acceptors (Lipinski definition) is 6. The van der Waals surface area contributed by atoms with Crippen molar-refractivity contribution in [2.75, 3.05) is 24.6 Å². The van der Waals surface area contributed by atoms with E-state index in [2.05, 4.69) is 5.32 Å². The van der Waals surface area contributed by atoms with Gasteiger partial charge in [0.15, 0.2) is 16.2 Å². The molecule has 2 aliphatic rings. The van der Waals surface area contributed by atoms with E-state index in [0.29, 0.717) is 13.1 Å². The van der Waals surface area contributed by atoms with E-state index in [1.807, 2.05) is 0 Å². The molecule has 0 amide bonds. The summed E-state index contributed by atoms with van der Waals surface area (Å²) in [6.07, 6.45) is -1.71. The number of aliphatic hydroxyl groups is 2. The Hall–Kier alpha value is -0.210. The number of nitrogens with zero attached hydrogens (tertiary/aromatic N) is 1. The van der Waals surface area contributed by atoms with Crippen LogP contribution in [0.3, 0.4) is 0 Å². The van der Waals surface area contributed by atoms with Gasteiger partial charge in [0.1, 0.15) is 0 Å². The van der Waals surface area contributed by atoms with E-state index in [-0.39, 0.29) is 11.5 Å². The Labute approximate surface area is 82.4 Å². The second-order valence-electron chi connectivity index (χ2n) is 3.78. The minimum absolute atomic E-state index is 0.0626. The molecule has 2 saturated heterocycles. The summed E-state index contributed by atoms with van der Waals surface area (Å²) < 4.78 is 22.5. The highest BCUT2D eigenvalue weighted by Gasteiger charge is 2.43. The molecular weight excluding hydrogens is 208 g/mol.